The highest BCUT2D eigenvalue weighted by Gasteiger charge is 2.23. The molecule has 3 aromatic rings. The van der Waals surface area contributed by atoms with Gasteiger partial charge in [-0.25, -0.2) is 0 Å². The second-order valence-corrected chi connectivity index (χ2v) is 6.58. The zero-order valence-electron chi connectivity index (χ0n) is 13.8. The number of phenolic OH excluding ortho intramolecular Hbond substituents is 1. The number of fused-ring (bicyclic) bond motifs is 3. The van der Waals surface area contributed by atoms with Crippen LogP contribution in [0.4, 0.5) is 0 Å². The number of aryl methyl sites for hydroxylation is 3. The van der Waals surface area contributed by atoms with E-state index in [1.807, 2.05) is 26.2 Å². The highest BCUT2D eigenvalue weighted by atomic mass is 16.3. The maximum absolute atomic E-state index is 10.5. The smallest absolute Gasteiger partial charge is 0.122 e. The van der Waals surface area contributed by atoms with Crippen molar-refractivity contribution < 1.29 is 5.11 Å². The average Bonchev–Trinajstić information content (AvgIpc) is 2.73. The number of pyridine rings is 1. The summed E-state index contributed by atoms with van der Waals surface area (Å²) < 4.78 is 2.48. The Labute approximate surface area is 136 Å². The summed E-state index contributed by atoms with van der Waals surface area (Å²) in [5, 5.41) is 11.7. The number of hydrogen-bond acceptors (Lipinski definition) is 2. The number of aromatic nitrogens is 2. The SMILES string of the molecule is Cc1cc2c(c(C)c1O)c(-c1ccncc1)c1n2CCCCC1. The number of hydrogen-bond donors (Lipinski definition) is 1. The monoisotopic (exact) mass is 306 g/mol. The van der Waals surface area contributed by atoms with E-state index in [4.69, 9.17) is 0 Å². The summed E-state index contributed by atoms with van der Waals surface area (Å²) in [7, 11) is 0. The third-order valence-electron chi connectivity index (χ3n) is 5.13. The van der Waals surface area contributed by atoms with Crippen LogP contribution < -0.4 is 0 Å². The minimum atomic E-state index is 0.425. The molecule has 0 radical (unpaired) electrons. The number of benzene rings is 1. The molecule has 1 aliphatic rings. The van der Waals surface area contributed by atoms with Crippen molar-refractivity contribution in [2.45, 2.75) is 46.1 Å². The minimum absolute atomic E-state index is 0.425. The molecule has 0 spiro atoms. The van der Waals surface area contributed by atoms with Gasteiger partial charge in [-0.2, -0.15) is 0 Å². The zero-order chi connectivity index (χ0) is 16.0. The van der Waals surface area contributed by atoms with Crippen molar-refractivity contribution in [3.63, 3.8) is 0 Å². The summed E-state index contributed by atoms with van der Waals surface area (Å²) >= 11 is 0. The van der Waals surface area contributed by atoms with E-state index in [2.05, 4.69) is 27.8 Å². The fourth-order valence-corrected chi connectivity index (χ4v) is 3.99. The quantitative estimate of drug-likeness (QED) is 0.704. The van der Waals surface area contributed by atoms with E-state index in [0.29, 0.717) is 5.75 Å². The van der Waals surface area contributed by atoms with Gasteiger partial charge in [-0.1, -0.05) is 6.42 Å². The Bertz CT molecular complexity index is 878. The minimum Gasteiger partial charge on any atom is -0.507 e. The highest BCUT2D eigenvalue weighted by molar-refractivity contribution is 6.02. The molecular weight excluding hydrogens is 284 g/mol. The van der Waals surface area contributed by atoms with E-state index in [1.54, 1.807) is 0 Å². The van der Waals surface area contributed by atoms with E-state index in [-0.39, 0.29) is 0 Å². The van der Waals surface area contributed by atoms with E-state index in [0.717, 1.165) is 24.1 Å². The Morgan fingerprint density at radius 2 is 1.87 bits per heavy atom. The lowest BCUT2D eigenvalue weighted by atomic mass is 9.96. The molecule has 0 unspecified atom stereocenters. The summed E-state index contributed by atoms with van der Waals surface area (Å²) in [6, 6.07) is 6.31. The molecule has 1 aliphatic heterocycles. The second kappa shape index (κ2) is 5.41. The Hall–Kier alpha value is -2.29. The van der Waals surface area contributed by atoms with Crippen molar-refractivity contribution in [2.24, 2.45) is 0 Å². The number of aromatic hydroxyl groups is 1. The van der Waals surface area contributed by atoms with Crippen LogP contribution in [0.25, 0.3) is 22.0 Å². The summed E-state index contributed by atoms with van der Waals surface area (Å²) in [5.41, 5.74) is 7.12. The molecule has 3 heterocycles. The Morgan fingerprint density at radius 3 is 2.65 bits per heavy atom. The van der Waals surface area contributed by atoms with Gasteiger partial charge in [0.2, 0.25) is 0 Å². The van der Waals surface area contributed by atoms with Crippen molar-refractivity contribution in [3.8, 4) is 16.9 Å². The normalized spacial score (nSPS) is 14.7. The van der Waals surface area contributed by atoms with Crippen LogP contribution in [0.1, 0.15) is 36.1 Å². The first kappa shape index (κ1) is 14.3. The third-order valence-corrected chi connectivity index (χ3v) is 5.13. The van der Waals surface area contributed by atoms with Crippen molar-refractivity contribution in [3.05, 3.63) is 47.4 Å². The van der Waals surface area contributed by atoms with Gasteiger partial charge < -0.3 is 9.67 Å². The van der Waals surface area contributed by atoms with Gasteiger partial charge in [0.05, 0.1) is 0 Å². The van der Waals surface area contributed by atoms with Gasteiger partial charge in [-0.05, 0) is 62.4 Å². The van der Waals surface area contributed by atoms with Crippen LogP contribution in [0.2, 0.25) is 0 Å². The molecule has 0 fully saturated rings. The van der Waals surface area contributed by atoms with Crippen LogP contribution in [0.15, 0.2) is 30.6 Å². The fourth-order valence-electron chi connectivity index (χ4n) is 3.99. The predicted molar refractivity (Wildman–Crippen MR) is 93.9 cm³/mol. The van der Waals surface area contributed by atoms with Crippen molar-refractivity contribution in [1.29, 1.82) is 0 Å². The molecule has 3 heteroatoms. The molecule has 118 valence electrons. The van der Waals surface area contributed by atoms with Gasteiger partial charge in [0.15, 0.2) is 0 Å². The molecule has 0 aliphatic carbocycles. The van der Waals surface area contributed by atoms with Gasteiger partial charge in [-0.3, -0.25) is 4.98 Å². The van der Waals surface area contributed by atoms with Crippen LogP contribution in [-0.2, 0) is 13.0 Å². The van der Waals surface area contributed by atoms with E-state index >= 15 is 0 Å². The van der Waals surface area contributed by atoms with Gasteiger partial charge in [0.1, 0.15) is 5.75 Å². The molecular formula is C20H22N2O. The van der Waals surface area contributed by atoms with Crippen LogP contribution in [-0.4, -0.2) is 14.7 Å². The van der Waals surface area contributed by atoms with E-state index < -0.39 is 0 Å². The lowest BCUT2D eigenvalue weighted by Crippen LogP contribution is -2.00. The molecule has 0 atom stereocenters. The summed E-state index contributed by atoms with van der Waals surface area (Å²) in [6.07, 6.45) is 8.56. The van der Waals surface area contributed by atoms with Crippen molar-refractivity contribution in [2.75, 3.05) is 0 Å². The van der Waals surface area contributed by atoms with Crippen molar-refractivity contribution in [1.82, 2.24) is 9.55 Å². The van der Waals surface area contributed by atoms with Crippen LogP contribution in [0.5, 0.6) is 5.75 Å². The maximum atomic E-state index is 10.5. The standard InChI is InChI=1S/C20H22N2O/c1-13-12-17-18(14(2)20(13)23)19(15-7-9-21-10-8-15)16-6-4-3-5-11-22(16)17/h7-10,12,23H,3-6,11H2,1-2H3. The number of nitrogens with zero attached hydrogens (tertiary/aromatic N) is 2. The molecule has 3 nitrogen and oxygen atoms in total. The molecule has 2 aromatic heterocycles. The first-order chi connectivity index (χ1) is 11.2. The summed E-state index contributed by atoms with van der Waals surface area (Å²) in [6.45, 7) is 5.10. The van der Waals surface area contributed by atoms with Crippen molar-refractivity contribution >= 4 is 10.9 Å². The summed E-state index contributed by atoms with van der Waals surface area (Å²) in [4.78, 5) is 4.16. The molecule has 1 N–H and O–H groups in total. The Morgan fingerprint density at radius 1 is 1.09 bits per heavy atom. The fraction of sp³-hybridized carbons (Fsp3) is 0.350. The molecule has 0 bridgehead atoms. The molecule has 4 rings (SSSR count). The van der Waals surface area contributed by atoms with Gasteiger partial charge in [0.25, 0.3) is 0 Å². The molecule has 23 heavy (non-hydrogen) atoms. The highest BCUT2D eigenvalue weighted by Crippen LogP contribution is 2.42. The maximum Gasteiger partial charge on any atom is 0.122 e. The average molecular weight is 306 g/mol. The van der Waals surface area contributed by atoms with Crippen LogP contribution in [0, 0.1) is 13.8 Å². The first-order valence-corrected chi connectivity index (χ1v) is 8.43. The summed E-state index contributed by atoms with van der Waals surface area (Å²) in [5.74, 6) is 0.425. The van der Waals surface area contributed by atoms with E-state index in [1.165, 1.54) is 47.0 Å². The first-order valence-electron chi connectivity index (χ1n) is 8.43. The topological polar surface area (TPSA) is 38.1 Å². The number of phenols is 1. The molecule has 0 saturated carbocycles. The second-order valence-electron chi connectivity index (χ2n) is 6.58. The predicted octanol–water partition coefficient (Wildman–Crippen LogP) is 4.75. The lowest BCUT2D eigenvalue weighted by Gasteiger charge is -2.09. The zero-order valence-corrected chi connectivity index (χ0v) is 13.8. The number of rotatable bonds is 1. The molecule has 1 aromatic carbocycles. The van der Waals surface area contributed by atoms with Crippen LogP contribution in [0.3, 0.4) is 0 Å². The molecule has 0 amide bonds. The van der Waals surface area contributed by atoms with E-state index in [9.17, 15) is 5.11 Å². The Balaban J connectivity index is 2.15. The molecule has 0 saturated heterocycles. The third kappa shape index (κ3) is 2.14. The van der Waals surface area contributed by atoms with Crippen LogP contribution >= 0.6 is 0 Å². The Kier molecular flexibility index (Phi) is 3.37. The van der Waals surface area contributed by atoms with Gasteiger partial charge in [-0.15, -0.1) is 0 Å². The van der Waals surface area contributed by atoms with Gasteiger partial charge >= 0.3 is 0 Å². The largest absolute Gasteiger partial charge is 0.507 e. The lowest BCUT2D eigenvalue weighted by molar-refractivity contribution is 0.468. The van der Waals surface area contributed by atoms with Gasteiger partial charge in [0, 0.05) is 46.7 Å².